The standard InChI is InChI=1S/C13H19N3O/c1-11(17)15-13(7-9-16(14)10-8-13)12-5-3-2-4-6-12/h2-6H,7-10,14H2,1H3,(H,15,17). The van der Waals surface area contributed by atoms with E-state index >= 15 is 0 Å². The van der Waals surface area contributed by atoms with Crippen molar-refractivity contribution in [2.24, 2.45) is 5.84 Å². The van der Waals surface area contributed by atoms with Gasteiger partial charge in [-0.2, -0.15) is 0 Å². The SMILES string of the molecule is CC(=O)NC1(c2ccccc2)CCN(N)CC1. The number of piperidine rings is 1. The molecule has 2 rings (SSSR count). The zero-order chi connectivity index (χ0) is 12.3. The fraction of sp³-hybridized carbons (Fsp3) is 0.462. The van der Waals surface area contributed by atoms with Gasteiger partial charge in [0.1, 0.15) is 0 Å². The summed E-state index contributed by atoms with van der Waals surface area (Å²) < 4.78 is 0. The summed E-state index contributed by atoms with van der Waals surface area (Å²) in [5.41, 5.74) is 0.923. The predicted molar refractivity (Wildman–Crippen MR) is 66.9 cm³/mol. The highest BCUT2D eigenvalue weighted by Gasteiger charge is 2.36. The average molecular weight is 233 g/mol. The molecular formula is C13H19N3O. The van der Waals surface area contributed by atoms with E-state index in [0.29, 0.717) is 0 Å². The second-order valence-electron chi connectivity index (χ2n) is 4.67. The van der Waals surface area contributed by atoms with Crippen LogP contribution in [0.5, 0.6) is 0 Å². The minimum atomic E-state index is -0.247. The molecule has 4 nitrogen and oxygen atoms in total. The lowest BCUT2D eigenvalue weighted by Gasteiger charge is -2.41. The number of hydrazine groups is 1. The van der Waals surface area contributed by atoms with Crippen molar-refractivity contribution in [3.8, 4) is 0 Å². The van der Waals surface area contributed by atoms with E-state index in [1.165, 1.54) is 5.56 Å². The van der Waals surface area contributed by atoms with Crippen molar-refractivity contribution in [1.82, 2.24) is 10.3 Å². The Bertz CT molecular complexity index is 383. The molecule has 1 saturated heterocycles. The van der Waals surface area contributed by atoms with Crippen LogP contribution in [0.15, 0.2) is 30.3 Å². The van der Waals surface area contributed by atoms with E-state index in [0.717, 1.165) is 25.9 Å². The number of amides is 1. The van der Waals surface area contributed by atoms with Gasteiger partial charge in [-0.15, -0.1) is 0 Å². The largest absolute Gasteiger partial charge is 0.347 e. The third-order valence-electron chi connectivity index (χ3n) is 3.39. The molecule has 1 amide bonds. The molecule has 0 bridgehead atoms. The first-order valence-electron chi connectivity index (χ1n) is 5.96. The number of nitrogens with zero attached hydrogens (tertiary/aromatic N) is 1. The predicted octanol–water partition coefficient (Wildman–Crippen LogP) is 0.987. The maximum absolute atomic E-state index is 11.4. The fourth-order valence-electron chi connectivity index (χ4n) is 2.49. The van der Waals surface area contributed by atoms with Crippen molar-refractivity contribution in [3.63, 3.8) is 0 Å². The summed E-state index contributed by atoms with van der Waals surface area (Å²) in [7, 11) is 0. The second kappa shape index (κ2) is 4.85. The van der Waals surface area contributed by atoms with Gasteiger partial charge in [-0.25, -0.2) is 5.01 Å². The first kappa shape index (κ1) is 12.1. The Labute approximate surface area is 102 Å². The normalized spacial score (nSPS) is 19.9. The summed E-state index contributed by atoms with van der Waals surface area (Å²) in [5, 5.41) is 4.92. The molecule has 0 spiro atoms. The molecule has 1 aromatic rings. The molecule has 1 heterocycles. The zero-order valence-electron chi connectivity index (χ0n) is 10.1. The molecule has 0 aliphatic carbocycles. The van der Waals surface area contributed by atoms with Gasteiger partial charge in [-0.3, -0.25) is 10.6 Å². The molecule has 1 aromatic carbocycles. The Morgan fingerprint density at radius 2 is 1.88 bits per heavy atom. The van der Waals surface area contributed by atoms with Crippen LogP contribution >= 0.6 is 0 Å². The first-order chi connectivity index (χ1) is 8.12. The number of nitrogens with one attached hydrogen (secondary N) is 1. The monoisotopic (exact) mass is 233 g/mol. The lowest BCUT2D eigenvalue weighted by atomic mass is 9.81. The summed E-state index contributed by atoms with van der Waals surface area (Å²) in [6, 6.07) is 10.1. The van der Waals surface area contributed by atoms with Crippen molar-refractivity contribution < 1.29 is 4.79 Å². The van der Waals surface area contributed by atoms with Crippen molar-refractivity contribution in [2.45, 2.75) is 25.3 Å². The van der Waals surface area contributed by atoms with Crippen LogP contribution in [0.4, 0.5) is 0 Å². The number of hydrogen-bond donors (Lipinski definition) is 2. The van der Waals surface area contributed by atoms with Gasteiger partial charge in [0.25, 0.3) is 0 Å². The van der Waals surface area contributed by atoms with Crippen molar-refractivity contribution in [3.05, 3.63) is 35.9 Å². The number of benzene rings is 1. The van der Waals surface area contributed by atoms with Gasteiger partial charge < -0.3 is 5.32 Å². The van der Waals surface area contributed by atoms with Crippen LogP contribution in [0, 0.1) is 0 Å². The van der Waals surface area contributed by atoms with E-state index in [1.54, 1.807) is 6.92 Å². The third-order valence-corrected chi connectivity index (χ3v) is 3.39. The molecule has 3 N–H and O–H groups in total. The van der Waals surface area contributed by atoms with Crippen LogP contribution in [0.1, 0.15) is 25.3 Å². The molecule has 1 aliphatic rings. The highest BCUT2D eigenvalue weighted by molar-refractivity contribution is 5.74. The molecule has 92 valence electrons. The topological polar surface area (TPSA) is 58.4 Å². The Hall–Kier alpha value is -1.39. The molecule has 1 fully saturated rings. The van der Waals surface area contributed by atoms with Crippen LogP contribution in [0.3, 0.4) is 0 Å². The smallest absolute Gasteiger partial charge is 0.217 e. The highest BCUT2D eigenvalue weighted by atomic mass is 16.1. The Kier molecular flexibility index (Phi) is 3.45. The molecule has 0 saturated carbocycles. The summed E-state index contributed by atoms with van der Waals surface area (Å²) in [6.07, 6.45) is 1.71. The average Bonchev–Trinajstić information content (AvgIpc) is 2.33. The number of hydrogen-bond acceptors (Lipinski definition) is 3. The zero-order valence-corrected chi connectivity index (χ0v) is 10.1. The quantitative estimate of drug-likeness (QED) is 0.749. The molecular weight excluding hydrogens is 214 g/mol. The third kappa shape index (κ3) is 2.65. The van der Waals surface area contributed by atoms with Crippen LogP contribution < -0.4 is 11.2 Å². The Morgan fingerprint density at radius 1 is 1.29 bits per heavy atom. The van der Waals surface area contributed by atoms with Crippen LogP contribution in [-0.2, 0) is 10.3 Å². The molecule has 0 radical (unpaired) electrons. The van der Waals surface area contributed by atoms with Gasteiger partial charge in [-0.05, 0) is 18.4 Å². The number of rotatable bonds is 2. The van der Waals surface area contributed by atoms with E-state index in [-0.39, 0.29) is 11.4 Å². The van der Waals surface area contributed by atoms with E-state index in [1.807, 2.05) is 23.2 Å². The van der Waals surface area contributed by atoms with Crippen LogP contribution in [0.2, 0.25) is 0 Å². The molecule has 4 heteroatoms. The lowest BCUT2D eigenvalue weighted by Crippen LogP contribution is -2.54. The summed E-state index contributed by atoms with van der Waals surface area (Å²) in [5.74, 6) is 5.80. The van der Waals surface area contributed by atoms with E-state index in [4.69, 9.17) is 5.84 Å². The van der Waals surface area contributed by atoms with E-state index in [2.05, 4.69) is 17.4 Å². The van der Waals surface area contributed by atoms with Gasteiger partial charge in [0.2, 0.25) is 5.91 Å². The molecule has 1 aliphatic heterocycles. The minimum Gasteiger partial charge on any atom is -0.347 e. The van der Waals surface area contributed by atoms with Crippen molar-refractivity contribution >= 4 is 5.91 Å². The highest BCUT2D eigenvalue weighted by Crippen LogP contribution is 2.32. The first-order valence-corrected chi connectivity index (χ1v) is 5.96. The second-order valence-corrected chi connectivity index (χ2v) is 4.67. The van der Waals surface area contributed by atoms with Crippen LogP contribution in [0.25, 0.3) is 0 Å². The molecule has 0 atom stereocenters. The summed E-state index contributed by atoms with van der Waals surface area (Å²) in [4.78, 5) is 11.4. The summed E-state index contributed by atoms with van der Waals surface area (Å²) in [6.45, 7) is 3.17. The summed E-state index contributed by atoms with van der Waals surface area (Å²) >= 11 is 0. The van der Waals surface area contributed by atoms with Gasteiger partial charge in [0, 0.05) is 20.0 Å². The lowest BCUT2D eigenvalue weighted by molar-refractivity contribution is -0.121. The number of nitrogens with two attached hydrogens (primary N) is 1. The minimum absolute atomic E-state index is 0.0133. The number of carbonyl (C=O) groups is 1. The van der Waals surface area contributed by atoms with Gasteiger partial charge in [0.15, 0.2) is 0 Å². The fourth-order valence-corrected chi connectivity index (χ4v) is 2.49. The Balaban J connectivity index is 2.27. The molecule has 0 aromatic heterocycles. The van der Waals surface area contributed by atoms with E-state index in [9.17, 15) is 4.79 Å². The van der Waals surface area contributed by atoms with Gasteiger partial charge in [-0.1, -0.05) is 30.3 Å². The van der Waals surface area contributed by atoms with Crippen molar-refractivity contribution in [2.75, 3.05) is 13.1 Å². The van der Waals surface area contributed by atoms with Crippen molar-refractivity contribution in [1.29, 1.82) is 0 Å². The van der Waals surface area contributed by atoms with E-state index < -0.39 is 0 Å². The number of carbonyl (C=O) groups excluding carboxylic acids is 1. The molecule has 0 unspecified atom stereocenters. The van der Waals surface area contributed by atoms with Gasteiger partial charge >= 0.3 is 0 Å². The van der Waals surface area contributed by atoms with Crippen LogP contribution in [-0.4, -0.2) is 24.0 Å². The maximum atomic E-state index is 11.4. The van der Waals surface area contributed by atoms with Gasteiger partial charge in [0.05, 0.1) is 5.54 Å². The molecule has 17 heavy (non-hydrogen) atoms. The Morgan fingerprint density at radius 3 is 2.41 bits per heavy atom. The maximum Gasteiger partial charge on any atom is 0.217 e.